The first kappa shape index (κ1) is 19.7. The van der Waals surface area contributed by atoms with Gasteiger partial charge in [0.05, 0.1) is 21.7 Å². The maximum absolute atomic E-state index is 12.6. The van der Waals surface area contributed by atoms with Crippen LogP contribution in [0.4, 0.5) is 11.8 Å². The van der Waals surface area contributed by atoms with E-state index < -0.39 is 21.4 Å². The topological polar surface area (TPSA) is 161 Å². The number of aromatic nitrogens is 3. The summed E-state index contributed by atoms with van der Waals surface area (Å²) >= 11 is 0. The zero-order valence-corrected chi connectivity index (χ0v) is 15.8. The van der Waals surface area contributed by atoms with Gasteiger partial charge in [0.25, 0.3) is 15.6 Å². The van der Waals surface area contributed by atoms with E-state index in [4.69, 9.17) is 5.73 Å². The lowest BCUT2D eigenvalue weighted by Crippen LogP contribution is -2.27. The van der Waals surface area contributed by atoms with E-state index in [1.54, 1.807) is 6.07 Å². The predicted octanol–water partition coefficient (Wildman–Crippen LogP) is 1.08. The molecular formula is C18H14N6O4S. The Bertz CT molecular complexity index is 1290. The van der Waals surface area contributed by atoms with Crippen molar-refractivity contribution < 1.29 is 13.2 Å². The monoisotopic (exact) mass is 410 g/mol. The number of carbonyl (C=O) groups is 1. The number of carbonyl (C=O) groups excluding carboxylic acids is 1. The molecule has 1 aromatic carbocycles. The van der Waals surface area contributed by atoms with Gasteiger partial charge in [-0.05, 0) is 43.3 Å². The summed E-state index contributed by atoms with van der Waals surface area (Å²) in [5.41, 5.74) is 5.15. The third kappa shape index (κ3) is 3.83. The van der Waals surface area contributed by atoms with Crippen LogP contribution in [-0.2, 0) is 10.0 Å². The third-order valence-electron chi connectivity index (χ3n) is 3.94. The van der Waals surface area contributed by atoms with Crippen LogP contribution >= 0.6 is 0 Å². The first-order valence-corrected chi connectivity index (χ1v) is 9.60. The van der Waals surface area contributed by atoms with Gasteiger partial charge in [-0.15, -0.1) is 0 Å². The Labute approximate surface area is 165 Å². The molecule has 2 aromatic heterocycles. The molecule has 0 fully saturated rings. The van der Waals surface area contributed by atoms with Crippen LogP contribution < -0.4 is 16.0 Å². The van der Waals surface area contributed by atoms with Gasteiger partial charge < -0.3 is 5.73 Å². The Balaban J connectivity index is 2.06. The van der Waals surface area contributed by atoms with E-state index in [0.717, 1.165) is 10.6 Å². The largest absolute Gasteiger partial charge is 0.384 e. The number of anilines is 2. The van der Waals surface area contributed by atoms with E-state index in [-0.39, 0.29) is 33.5 Å². The van der Waals surface area contributed by atoms with E-state index in [9.17, 15) is 23.3 Å². The quantitative estimate of drug-likeness (QED) is 0.591. The van der Waals surface area contributed by atoms with E-state index in [1.807, 2.05) is 6.07 Å². The van der Waals surface area contributed by atoms with Gasteiger partial charge in [0, 0.05) is 12.4 Å². The second-order valence-corrected chi connectivity index (χ2v) is 7.52. The summed E-state index contributed by atoms with van der Waals surface area (Å²) in [6, 6.07) is 9.68. The highest BCUT2D eigenvalue weighted by molar-refractivity contribution is 7.92. The van der Waals surface area contributed by atoms with Crippen LogP contribution in [0.15, 0.2) is 58.5 Å². The Kier molecular flexibility index (Phi) is 5.12. The molecule has 0 aliphatic carbocycles. The van der Waals surface area contributed by atoms with Crippen molar-refractivity contribution >= 4 is 27.6 Å². The van der Waals surface area contributed by atoms with Gasteiger partial charge in [0.1, 0.15) is 11.9 Å². The van der Waals surface area contributed by atoms with Crippen molar-refractivity contribution in [3.63, 3.8) is 0 Å². The van der Waals surface area contributed by atoms with Crippen LogP contribution in [0.5, 0.6) is 0 Å². The van der Waals surface area contributed by atoms with Crippen LogP contribution in [0.2, 0.25) is 0 Å². The molecular weight excluding hydrogens is 396 g/mol. The van der Waals surface area contributed by atoms with Crippen LogP contribution in [0, 0.1) is 11.3 Å². The van der Waals surface area contributed by atoms with Gasteiger partial charge >= 0.3 is 0 Å². The van der Waals surface area contributed by atoms with Crippen molar-refractivity contribution in [2.24, 2.45) is 0 Å². The zero-order valence-electron chi connectivity index (χ0n) is 15.0. The number of nitrogens with two attached hydrogens (primary N) is 1. The Morgan fingerprint density at radius 3 is 2.38 bits per heavy atom. The van der Waals surface area contributed by atoms with Crippen LogP contribution in [-0.4, -0.2) is 28.7 Å². The normalized spacial score (nSPS) is 10.9. The van der Waals surface area contributed by atoms with E-state index in [0.29, 0.717) is 0 Å². The summed E-state index contributed by atoms with van der Waals surface area (Å²) in [6.45, 7) is 1.20. The molecule has 2 heterocycles. The van der Waals surface area contributed by atoms with Crippen molar-refractivity contribution in [2.75, 3.05) is 10.5 Å². The first-order valence-electron chi connectivity index (χ1n) is 8.11. The molecule has 29 heavy (non-hydrogen) atoms. The summed E-state index contributed by atoms with van der Waals surface area (Å²) in [5.74, 6) is -0.773. The summed E-state index contributed by atoms with van der Waals surface area (Å²) in [5, 5.41) is 9.22. The van der Waals surface area contributed by atoms with Crippen LogP contribution in [0.3, 0.4) is 0 Å². The number of nitrogens with one attached hydrogen (secondary N) is 1. The van der Waals surface area contributed by atoms with Gasteiger partial charge in [-0.25, -0.2) is 23.1 Å². The molecule has 11 heteroatoms. The summed E-state index contributed by atoms with van der Waals surface area (Å²) in [4.78, 5) is 31.8. The third-order valence-corrected chi connectivity index (χ3v) is 5.28. The van der Waals surface area contributed by atoms with Gasteiger partial charge in [-0.1, -0.05) is 0 Å². The lowest BCUT2D eigenvalue weighted by Gasteiger charge is -2.13. The molecule has 0 atom stereocenters. The number of hydrogen-bond acceptors (Lipinski definition) is 8. The molecule has 0 unspecified atom stereocenters. The Hall–Kier alpha value is -4.04. The van der Waals surface area contributed by atoms with Crippen molar-refractivity contribution in [3.8, 4) is 11.8 Å². The van der Waals surface area contributed by atoms with Gasteiger partial charge in [-0.2, -0.15) is 5.26 Å². The minimum atomic E-state index is -3.97. The highest BCUT2D eigenvalue weighted by atomic mass is 32.2. The van der Waals surface area contributed by atoms with Crippen LogP contribution in [0.1, 0.15) is 22.8 Å². The molecule has 10 nitrogen and oxygen atoms in total. The molecule has 3 aromatic rings. The molecule has 146 valence electrons. The molecule has 0 amide bonds. The molecule has 0 bridgehead atoms. The molecule has 3 rings (SSSR count). The Morgan fingerprint density at radius 1 is 1.21 bits per heavy atom. The molecule has 0 spiro atoms. The van der Waals surface area contributed by atoms with E-state index >= 15 is 0 Å². The number of nitriles is 1. The van der Waals surface area contributed by atoms with Gasteiger partial charge in [0.2, 0.25) is 5.95 Å². The number of pyridine rings is 1. The smallest absolute Gasteiger partial charge is 0.267 e. The lowest BCUT2D eigenvalue weighted by atomic mass is 10.1. The SMILES string of the molecule is CC(=O)c1cc(C#N)c(N)n(-c2ccc(S(=O)(=O)Nc3ncccn3)cc2)c1=O. The van der Waals surface area contributed by atoms with Crippen LogP contribution in [0.25, 0.3) is 5.69 Å². The lowest BCUT2D eigenvalue weighted by molar-refractivity contribution is 0.101. The Morgan fingerprint density at radius 2 is 1.83 bits per heavy atom. The zero-order chi connectivity index (χ0) is 21.2. The van der Waals surface area contributed by atoms with Crippen molar-refractivity contribution in [2.45, 2.75) is 11.8 Å². The number of sulfonamides is 1. The van der Waals surface area contributed by atoms with E-state index in [1.165, 1.54) is 43.6 Å². The number of Topliss-reactive ketones (excluding diaryl/α,β-unsaturated/α-hetero) is 1. The second-order valence-electron chi connectivity index (χ2n) is 5.84. The number of nitrogens with zero attached hydrogens (tertiary/aromatic N) is 4. The number of nitrogen functional groups attached to an aromatic ring is 1. The molecule has 0 aliphatic rings. The molecule has 0 saturated carbocycles. The minimum Gasteiger partial charge on any atom is -0.384 e. The summed E-state index contributed by atoms with van der Waals surface area (Å²) < 4.78 is 28.1. The maximum Gasteiger partial charge on any atom is 0.267 e. The fraction of sp³-hybridized carbons (Fsp3) is 0.0556. The van der Waals surface area contributed by atoms with Crippen molar-refractivity contribution in [1.82, 2.24) is 14.5 Å². The molecule has 0 saturated heterocycles. The first-order chi connectivity index (χ1) is 13.7. The van der Waals surface area contributed by atoms with Crippen molar-refractivity contribution in [1.29, 1.82) is 5.26 Å². The minimum absolute atomic E-state index is 0.0469. The number of hydrogen-bond donors (Lipinski definition) is 2. The maximum atomic E-state index is 12.6. The highest BCUT2D eigenvalue weighted by Gasteiger charge is 2.19. The van der Waals surface area contributed by atoms with Gasteiger partial charge in [0.15, 0.2) is 5.78 Å². The standard InChI is InChI=1S/C18H14N6O4S/c1-11(25)15-9-12(10-19)16(20)24(17(15)26)13-3-5-14(6-4-13)29(27,28)23-18-21-7-2-8-22-18/h2-9H,20H2,1H3,(H,21,22,23). The second kappa shape index (κ2) is 7.53. The molecule has 0 radical (unpaired) electrons. The predicted molar refractivity (Wildman–Crippen MR) is 104 cm³/mol. The highest BCUT2D eigenvalue weighted by Crippen LogP contribution is 2.19. The summed E-state index contributed by atoms with van der Waals surface area (Å²) in [7, 11) is -3.97. The average Bonchev–Trinajstić information content (AvgIpc) is 2.69. The summed E-state index contributed by atoms with van der Waals surface area (Å²) in [6.07, 6.45) is 2.77. The molecule has 0 aliphatic heterocycles. The fourth-order valence-electron chi connectivity index (χ4n) is 2.53. The number of rotatable bonds is 5. The fourth-order valence-corrected chi connectivity index (χ4v) is 3.49. The van der Waals surface area contributed by atoms with Crippen molar-refractivity contribution in [3.05, 3.63) is 70.3 Å². The molecule has 3 N–H and O–H groups in total. The number of benzene rings is 1. The number of ketones is 1. The van der Waals surface area contributed by atoms with Gasteiger partial charge in [-0.3, -0.25) is 14.2 Å². The average molecular weight is 410 g/mol. The van der Waals surface area contributed by atoms with E-state index in [2.05, 4.69) is 14.7 Å².